The van der Waals surface area contributed by atoms with Gasteiger partial charge in [-0.1, -0.05) is 18.2 Å². The van der Waals surface area contributed by atoms with Gasteiger partial charge in [-0.15, -0.1) is 0 Å². The third-order valence-electron chi connectivity index (χ3n) is 3.76. The van der Waals surface area contributed by atoms with Crippen molar-refractivity contribution >= 4 is 5.97 Å². The van der Waals surface area contributed by atoms with Gasteiger partial charge in [0.1, 0.15) is 11.3 Å². The number of benzene rings is 1. The van der Waals surface area contributed by atoms with Gasteiger partial charge >= 0.3 is 12.6 Å². The van der Waals surface area contributed by atoms with Crippen molar-refractivity contribution in [1.29, 1.82) is 0 Å². The van der Waals surface area contributed by atoms with Gasteiger partial charge in [0.05, 0.1) is 0 Å². The molecular weight excluding hydrogens is 282 g/mol. The van der Waals surface area contributed by atoms with E-state index >= 15 is 0 Å². The molecule has 116 valence electrons. The maximum absolute atomic E-state index is 12.4. The Kier molecular flexibility index (Phi) is 4.74. The van der Waals surface area contributed by atoms with Gasteiger partial charge in [0.15, 0.2) is 0 Å². The molecular formula is C14H18F2N2O3. The first-order valence-electron chi connectivity index (χ1n) is 6.68. The monoisotopic (exact) mass is 300 g/mol. The number of halogens is 2. The number of rotatable bonds is 5. The fourth-order valence-electron chi connectivity index (χ4n) is 2.41. The lowest BCUT2D eigenvalue weighted by atomic mass is 9.88. The van der Waals surface area contributed by atoms with Crippen molar-refractivity contribution in [3.05, 3.63) is 29.8 Å². The summed E-state index contributed by atoms with van der Waals surface area (Å²) in [6.07, 6.45) is 0.667. The van der Waals surface area contributed by atoms with Crippen LogP contribution in [0.15, 0.2) is 24.3 Å². The lowest BCUT2D eigenvalue weighted by molar-refractivity contribution is -0.145. The van der Waals surface area contributed by atoms with E-state index in [1.807, 2.05) is 4.90 Å². The van der Waals surface area contributed by atoms with Gasteiger partial charge in [-0.25, -0.2) is 0 Å². The van der Waals surface area contributed by atoms with Crippen LogP contribution in [0, 0.1) is 0 Å². The van der Waals surface area contributed by atoms with Crippen LogP contribution in [-0.2, 0) is 11.3 Å². The number of carboxylic acids is 1. The van der Waals surface area contributed by atoms with Crippen molar-refractivity contribution in [3.8, 4) is 5.75 Å². The Morgan fingerprint density at radius 2 is 2.00 bits per heavy atom. The Bertz CT molecular complexity index is 503. The summed E-state index contributed by atoms with van der Waals surface area (Å²) >= 11 is 0. The molecule has 1 aromatic carbocycles. The first-order chi connectivity index (χ1) is 9.90. The van der Waals surface area contributed by atoms with E-state index in [9.17, 15) is 13.6 Å². The van der Waals surface area contributed by atoms with E-state index in [-0.39, 0.29) is 5.75 Å². The fraction of sp³-hybridized carbons (Fsp3) is 0.500. The maximum atomic E-state index is 12.4. The van der Waals surface area contributed by atoms with Crippen LogP contribution < -0.4 is 10.5 Å². The van der Waals surface area contributed by atoms with Gasteiger partial charge < -0.3 is 15.6 Å². The third kappa shape index (κ3) is 3.89. The molecule has 1 aliphatic rings. The van der Waals surface area contributed by atoms with E-state index in [0.29, 0.717) is 38.0 Å². The van der Waals surface area contributed by atoms with Gasteiger partial charge in [-0.2, -0.15) is 8.78 Å². The van der Waals surface area contributed by atoms with Gasteiger partial charge in [0.2, 0.25) is 0 Å². The molecule has 2 rings (SSSR count). The number of para-hydroxylation sites is 1. The molecule has 1 fully saturated rings. The number of likely N-dealkylation sites (tertiary alicyclic amines) is 1. The highest BCUT2D eigenvalue weighted by Gasteiger charge is 2.37. The van der Waals surface area contributed by atoms with Crippen molar-refractivity contribution in [2.75, 3.05) is 13.1 Å². The standard InChI is InChI=1S/C14H18F2N2O3/c15-13(16)21-11-4-2-1-3-10(11)9-18-7-5-14(17,6-8-18)12(19)20/h1-4,13H,5-9,17H2,(H,19,20). The summed E-state index contributed by atoms with van der Waals surface area (Å²) in [6, 6.07) is 6.60. The van der Waals surface area contributed by atoms with Crippen LogP contribution in [0.5, 0.6) is 5.75 Å². The van der Waals surface area contributed by atoms with Crippen molar-refractivity contribution in [1.82, 2.24) is 4.90 Å². The molecule has 0 radical (unpaired) electrons. The molecule has 1 aromatic rings. The van der Waals surface area contributed by atoms with Crippen LogP contribution in [0.1, 0.15) is 18.4 Å². The number of piperidine rings is 1. The van der Waals surface area contributed by atoms with Crippen molar-refractivity contribution in [2.45, 2.75) is 31.5 Å². The van der Waals surface area contributed by atoms with E-state index in [4.69, 9.17) is 10.8 Å². The van der Waals surface area contributed by atoms with Gasteiger partial charge in [0.25, 0.3) is 0 Å². The van der Waals surface area contributed by atoms with Gasteiger partial charge in [0, 0.05) is 25.2 Å². The number of hydrogen-bond acceptors (Lipinski definition) is 4. The molecule has 0 spiro atoms. The molecule has 0 saturated carbocycles. The Hall–Kier alpha value is -1.73. The summed E-state index contributed by atoms with van der Waals surface area (Å²) in [4.78, 5) is 13.1. The Morgan fingerprint density at radius 3 is 2.57 bits per heavy atom. The van der Waals surface area contributed by atoms with Crippen LogP contribution in [0.4, 0.5) is 8.78 Å². The molecule has 21 heavy (non-hydrogen) atoms. The van der Waals surface area contributed by atoms with Gasteiger partial charge in [-0.05, 0) is 18.9 Å². The predicted molar refractivity (Wildman–Crippen MR) is 72.1 cm³/mol. The topological polar surface area (TPSA) is 75.8 Å². The highest BCUT2D eigenvalue weighted by Crippen LogP contribution is 2.25. The van der Waals surface area contributed by atoms with Gasteiger partial charge in [-0.3, -0.25) is 9.69 Å². The SMILES string of the molecule is NC1(C(=O)O)CCN(Cc2ccccc2OC(F)F)CC1. The molecule has 3 N–H and O–H groups in total. The molecule has 7 heteroatoms. The molecule has 0 bridgehead atoms. The minimum absolute atomic E-state index is 0.148. The third-order valence-corrected chi connectivity index (χ3v) is 3.76. The van der Waals surface area contributed by atoms with E-state index in [1.165, 1.54) is 6.07 Å². The van der Waals surface area contributed by atoms with Crippen LogP contribution in [0.3, 0.4) is 0 Å². The number of ether oxygens (including phenoxy) is 1. The number of carbonyl (C=O) groups is 1. The first-order valence-corrected chi connectivity index (χ1v) is 6.68. The highest BCUT2D eigenvalue weighted by atomic mass is 19.3. The minimum atomic E-state index is -2.86. The molecule has 1 aliphatic heterocycles. The Labute approximate surface area is 121 Å². The highest BCUT2D eigenvalue weighted by molar-refractivity contribution is 5.78. The summed E-state index contributed by atoms with van der Waals surface area (Å²) in [5, 5.41) is 9.07. The lowest BCUT2D eigenvalue weighted by Crippen LogP contribution is -2.55. The smallest absolute Gasteiger partial charge is 0.387 e. The molecule has 0 aromatic heterocycles. The maximum Gasteiger partial charge on any atom is 0.387 e. The molecule has 1 saturated heterocycles. The number of aliphatic carboxylic acids is 1. The molecule has 0 aliphatic carbocycles. The minimum Gasteiger partial charge on any atom is -0.480 e. The fourth-order valence-corrected chi connectivity index (χ4v) is 2.41. The summed E-state index contributed by atoms with van der Waals surface area (Å²) in [7, 11) is 0. The second-order valence-corrected chi connectivity index (χ2v) is 5.22. The average molecular weight is 300 g/mol. The second kappa shape index (κ2) is 6.36. The Balaban J connectivity index is 1.99. The van der Waals surface area contributed by atoms with Crippen LogP contribution in [0.2, 0.25) is 0 Å². The second-order valence-electron chi connectivity index (χ2n) is 5.22. The zero-order valence-corrected chi connectivity index (χ0v) is 11.5. The van der Waals surface area contributed by atoms with Crippen LogP contribution in [0.25, 0.3) is 0 Å². The normalized spacial score (nSPS) is 18.7. The zero-order valence-electron chi connectivity index (χ0n) is 11.5. The summed E-state index contributed by atoms with van der Waals surface area (Å²) < 4.78 is 29.2. The van der Waals surface area contributed by atoms with Crippen molar-refractivity contribution < 1.29 is 23.4 Å². The molecule has 0 amide bonds. The van der Waals surface area contributed by atoms with Crippen LogP contribution >= 0.6 is 0 Å². The number of alkyl halides is 2. The zero-order chi connectivity index (χ0) is 15.5. The molecule has 0 atom stereocenters. The quantitative estimate of drug-likeness (QED) is 0.865. The molecule has 0 unspecified atom stereocenters. The molecule has 1 heterocycles. The molecule has 5 nitrogen and oxygen atoms in total. The lowest BCUT2D eigenvalue weighted by Gasteiger charge is -2.36. The van der Waals surface area contributed by atoms with Crippen molar-refractivity contribution in [3.63, 3.8) is 0 Å². The summed E-state index contributed by atoms with van der Waals surface area (Å²) in [5.41, 5.74) is 5.27. The van der Waals surface area contributed by atoms with Crippen LogP contribution in [-0.4, -0.2) is 41.2 Å². The predicted octanol–water partition coefficient (Wildman–Crippen LogP) is 1.67. The average Bonchev–Trinajstić information content (AvgIpc) is 2.43. The number of nitrogens with two attached hydrogens (primary N) is 1. The van der Waals surface area contributed by atoms with E-state index in [0.717, 1.165) is 0 Å². The largest absolute Gasteiger partial charge is 0.480 e. The van der Waals surface area contributed by atoms with E-state index in [1.54, 1.807) is 18.2 Å². The van der Waals surface area contributed by atoms with Crippen molar-refractivity contribution in [2.24, 2.45) is 5.73 Å². The number of nitrogens with zero attached hydrogens (tertiary/aromatic N) is 1. The summed E-state index contributed by atoms with van der Waals surface area (Å²) in [5.74, 6) is -0.848. The Morgan fingerprint density at radius 1 is 1.38 bits per heavy atom. The number of hydrogen-bond donors (Lipinski definition) is 2. The summed E-state index contributed by atoms with van der Waals surface area (Å²) in [6.45, 7) is -1.42. The van der Waals surface area contributed by atoms with E-state index in [2.05, 4.69) is 4.74 Å². The van der Waals surface area contributed by atoms with E-state index < -0.39 is 18.1 Å². The first kappa shape index (κ1) is 15.7. The number of carboxylic acid groups (broad SMARTS) is 1.